The lowest BCUT2D eigenvalue weighted by atomic mass is 9.89. The van der Waals surface area contributed by atoms with Crippen LogP contribution in [0.5, 0.6) is 0 Å². The first-order chi connectivity index (χ1) is 9.50. The van der Waals surface area contributed by atoms with E-state index in [1.807, 2.05) is 19.1 Å². The van der Waals surface area contributed by atoms with Crippen molar-refractivity contribution in [2.24, 2.45) is 5.73 Å². The van der Waals surface area contributed by atoms with Crippen molar-refractivity contribution in [3.63, 3.8) is 0 Å². The largest absolute Gasteiger partial charge is 0.328 e. The Balaban J connectivity index is 2.14. The number of nitrogens with two attached hydrogens (primary N) is 1. The van der Waals surface area contributed by atoms with Gasteiger partial charge >= 0.3 is 0 Å². The van der Waals surface area contributed by atoms with E-state index in [1.54, 1.807) is 12.1 Å². The number of rotatable bonds is 4. The summed E-state index contributed by atoms with van der Waals surface area (Å²) < 4.78 is 0. The van der Waals surface area contributed by atoms with Crippen molar-refractivity contribution in [3.8, 4) is 0 Å². The van der Waals surface area contributed by atoms with Gasteiger partial charge < -0.3 is 5.73 Å². The maximum atomic E-state index is 11.1. The topological polar surface area (TPSA) is 72.4 Å². The first-order valence-electron chi connectivity index (χ1n) is 7.21. The Labute approximate surface area is 119 Å². The van der Waals surface area contributed by atoms with Crippen LogP contribution in [0.25, 0.3) is 0 Å². The number of para-hydroxylation sites is 1. The van der Waals surface area contributed by atoms with Crippen molar-refractivity contribution in [1.82, 2.24) is 4.90 Å². The van der Waals surface area contributed by atoms with E-state index in [4.69, 9.17) is 5.73 Å². The van der Waals surface area contributed by atoms with Gasteiger partial charge in [0.15, 0.2) is 0 Å². The summed E-state index contributed by atoms with van der Waals surface area (Å²) in [6.45, 7) is 2.04. The summed E-state index contributed by atoms with van der Waals surface area (Å²) in [5, 5.41) is 11.1. The van der Waals surface area contributed by atoms with Crippen LogP contribution in [-0.2, 0) is 0 Å². The second-order valence-corrected chi connectivity index (χ2v) is 5.73. The predicted molar refractivity (Wildman–Crippen MR) is 79.5 cm³/mol. The van der Waals surface area contributed by atoms with Gasteiger partial charge in [0.25, 0.3) is 5.69 Å². The van der Waals surface area contributed by atoms with Gasteiger partial charge in [0.1, 0.15) is 0 Å². The Morgan fingerprint density at radius 1 is 1.30 bits per heavy atom. The summed E-state index contributed by atoms with van der Waals surface area (Å²) in [6.07, 6.45) is 4.22. The van der Waals surface area contributed by atoms with E-state index in [1.165, 1.54) is 0 Å². The lowest BCUT2D eigenvalue weighted by Gasteiger charge is -2.37. The monoisotopic (exact) mass is 277 g/mol. The van der Waals surface area contributed by atoms with Crippen LogP contribution in [0, 0.1) is 10.1 Å². The van der Waals surface area contributed by atoms with Crippen LogP contribution in [0.3, 0.4) is 0 Å². The maximum Gasteiger partial charge on any atom is 0.274 e. The molecule has 0 amide bonds. The van der Waals surface area contributed by atoms with Gasteiger partial charge in [-0.05, 0) is 39.7 Å². The highest BCUT2D eigenvalue weighted by atomic mass is 16.6. The first-order valence-corrected chi connectivity index (χ1v) is 7.21. The Morgan fingerprint density at radius 3 is 2.50 bits per heavy atom. The fraction of sp³-hybridized carbons (Fsp3) is 0.600. The highest BCUT2D eigenvalue weighted by Gasteiger charge is 2.28. The molecule has 0 heterocycles. The Kier molecular flexibility index (Phi) is 4.73. The minimum absolute atomic E-state index is 0.0379. The van der Waals surface area contributed by atoms with Crippen LogP contribution in [0.1, 0.15) is 44.2 Å². The predicted octanol–water partition coefficient (Wildman–Crippen LogP) is 2.86. The SMILES string of the molecule is CC(c1ccccc1[N+](=O)[O-])N(C)C1CCC(N)CC1. The number of hydrogen-bond donors (Lipinski definition) is 1. The average molecular weight is 277 g/mol. The second-order valence-electron chi connectivity index (χ2n) is 5.73. The Bertz CT molecular complexity index is 470. The molecule has 0 aromatic heterocycles. The molecular formula is C15H23N3O2. The van der Waals surface area contributed by atoms with Crippen molar-refractivity contribution < 1.29 is 4.92 Å². The second kappa shape index (κ2) is 6.33. The highest BCUT2D eigenvalue weighted by Crippen LogP contribution is 2.32. The summed E-state index contributed by atoms with van der Waals surface area (Å²) in [5.41, 5.74) is 6.93. The molecule has 1 aliphatic rings. The fourth-order valence-corrected chi connectivity index (χ4v) is 3.05. The fourth-order valence-electron chi connectivity index (χ4n) is 3.05. The zero-order valence-corrected chi connectivity index (χ0v) is 12.2. The van der Waals surface area contributed by atoms with E-state index in [9.17, 15) is 10.1 Å². The number of hydrogen-bond acceptors (Lipinski definition) is 4. The molecule has 1 atom stereocenters. The van der Waals surface area contributed by atoms with E-state index in [0.29, 0.717) is 12.1 Å². The molecule has 1 saturated carbocycles. The maximum absolute atomic E-state index is 11.1. The van der Waals surface area contributed by atoms with Crippen molar-refractivity contribution in [2.75, 3.05) is 7.05 Å². The third-order valence-electron chi connectivity index (χ3n) is 4.51. The minimum Gasteiger partial charge on any atom is -0.328 e. The molecule has 5 heteroatoms. The summed E-state index contributed by atoms with van der Waals surface area (Å²) in [6, 6.07) is 7.84. The van der Waals surface area contributed by atoms with Crippen LogP contribution in [0.4, 0.5) is 5.69 Å². The third kappa shape index (κ3) is 3.16. The molecule has 110 valence electrons. The van der Waals surface area contributed by atoms with Crippen molar-refractivity contribution in [2.45, 2.75) is 50.7 Å². The molecule has 1 aromatic carbocycles. The summed E-state index contributed by atoms with van der Waals surface area (Å²) >= 11 is 0. The van der Waals surface area contributed by atoms with Gasteiger partial charge in [0.2, 0.25) is 0 Å². The van der Waals surface area contributed by atoms with Gasteiger partial charge in [-0.2, -0.15) is 0 Å². The van der Waals surface area contributed by atoms with Crippen LogP contribution in [-0.4, -0.2) is 29.0 Å². The summed E-state index contributed by atoms with van der Waals surface area (Å²) in [7, 11) is 2.06. The lowest BCUT2D eigenvalue weighted by Crippen LogP contribution is -2.40. The first kappa shape index (κ1) is 14.9. The molecule has 0 radical (unpaired) electrons. The molecule has 0 spiro atoms. The minimum atomic E-state index is -0.295. The van der Waals surface area contributed by atoms with Crippen LogP contribution in [0.2, 0.25) is 0 Å². The molecule has 5 nitrogen and oxygen atoms in total. The molecule has 0 saturated heterocycles. The molecule has 1 fully saturated rings. The zero-order valence-electron chi connectivity index (χ0n) is 12.2. The van der Waals surface area contributed by atoms with E-state index in [2.05, 4.69) is 11.9 Å². The van der Waals surface area contributed by atoms with Gasteiger partial charge in [-0.1, -0.05) is 18.2 Å². The van der Waals surface area contributed by atoms with E-state index < -0.39 is 0 Å². The molecule has 20 heavy (non-hydrogen) atoms. The quantitative estimate of drug-likeness (QED) is 0.678. The smallest absolute Gasteiger partial charge is 0.274 e. The Morgan fingerprint density at radius 2 is 1.90 bits per heavy atom. The zero-order chi connectivity index (χ0) is 14.7. The number of benzene rings is 1. The van der Waals surface area contributed by atoms with Gasteiger partial charge in [0, 0.05) is 29.8 Å². The molecule has 1 unspecified atom stereocenters. The lowest BCUT2D eigenvalue weighted by molar-refractivity contribution is -0.386. The molecule has 0 aliphatic heterocycles. The molecule has 1 aromatic rings. The summed E-state index contributed by atoms with van der Waals surface area (Å²) in [5.74, 6) is 0. The summed E-state index contributed by atoms with van der Waals surface area (Å²) in [4.78, 5) is 13.1. The van der Waals surface area contributed by atoms with Crippen LogP contribution < -0.4 is 5.73 Å². The molecule has 1 aliphatic carbocycles. The highest BCUT2D eigenvalue weighted by molar-refractivity contribution is 5.41. The normalized spacial score (nSPS) is 24.6. The van der Waals surface area contributed by atoms with Crippen LogP contribution in [0.15, 0.2) is 24.3 Å². The van der Waals surface area contributed by atoms with E-state index >= 15 is 0 Å². The number of nitrogens with zero attached hydrogens (tertiary/aromatic N) is 2. The van der Waals surface area contributed by atoms with Gasteiger partial charge in [-0.25, -0.2) is 0 Å². The molecule has 0 bridgehead atoms. The van der Waals surface area contributed by atoms with Gasteiger partial charge in [-0.3, -0.25) is 15.0 Å². The number of nitro groups is 1. The van der Waals surface area contributed by atoms with Crippen molar-refractivity contribution >= 4 is 5.69 Å². The standard InChI is InChI=1S/C15H23N3O2/c1-11(14-5-3-4-6-15(14)18(19)20)17(2)13-9-7-12(16)8-10-13/h3-6,11-13H,7-10,16H2,1-2H3. The van der Waals surface area contributed by atoms with Crippen LogP contribution >= 0.6 is 0 Å². The van der Waals surface area contributed by atoms with Crippen molar-refractivity contribution in [3.05, 3.63) is 39.9 Å². The average Bonchev–Trinajstić information content (AvgIpc) is 2.46. The van der Waals surface area contributed by atoms with Crippen molar-refractivity contribution in [1.29, 1.82) is 0 Å². The van der Waals surface area contributed by atoms with Gasteiger partial charge in [-0.15, -0.1) is 0 Å². The third-order valence-corrected chi connectivity index (χ3v) is 4.51. The number of nitro benzene ring substituents is 1. The Hall–Kier alpha value is -1.46. The molecular weight excluding hydrogens is 254 g/mol. The molecule has 2 N–H and O–H groups in total. The van der Waals surface area contributed by atoms with E-state index in [-0.39, 0.29) is 16.7 Å². The molecule has 2 rings (SSSR count). The van der Waals surface area contributed by atoms with E-state index in [0.717, 1.165) is 31.2 Å². The van der Waals surface area contributed by atoms with Gasteiger partial charge in [0.05, 0.1) is 4.92 Å².